The average molecular weight is 684 g/mol. The molecule has 1 aliphatic heterocycles. The number of nitrogens with one attached hydrogen (secondary N) is 3. The van der Waals surface area contributed by atoms with Gasteiger partial charge in [0.05, 0.1) is 18.5 Å². The Morgan fingerprint density at radius 3 is 2.22 bits per heavy atom. The first-order valence-electron chi connectivity index (χ1n) is 16.5. The Hall–Kier alpha value is -5.72. The molecule has 5 N–H and O–H groups in total. The van der Waals surface area contributed by atoms with Crippen molar-refractivity contribution in [2.24, 2.45) is 5.73 Å². The number of guanidine groups is 1. The number of carbonyl (C=O) groups is 4. The summed E-state index contributed by atoms with van der Waals surface area (Å²) in [5, 5.41) is 12.9. The van der Waals surface area contributed by atoms with Crippen LogP contribution in [0.3, 0.4) is 0 Å². The lowest BCUT2D eigenvalue weighted by Gasteiger charge is -2.31. The molecule has 0 bridgehead atoms. The maximum Gasteiger partial charge on any atom is 0.418 e. The number of rotatable bonds is 17. The Morgan fingerprint density at radius 1 is 0.980 bits per heavy atom. The van der Waals surface area contributed by atoms with E-state index in [0.717, 1.165) is 11.1 Å². The molecule has 0 aliphatic carbocycles. The third-order valence-corrected chi connectivity index (χ3v) is 8.56. The molecular weight excluding hydrogens is 640 g/mol. The van der Waals surface area contributed by atoms with Crippen molar-refractivity contribution in [3.8, 4) is 0 Å². The number of amides is 3. The summed E-state index contributed by atoms with van der Waals surface area (Å²) in [6.45, 7) is 2.00. The average Bonchev–Trinajstić information content (AvgIpc) is 3.64. The van der Waals surface area contributed by atoms with E-state index in [4.69, 9.17) is 20.6 Å². The number of nitrogens with two attached hydrogens (primary N) is 1. The Morgan fingerprint density at radius 2 is 1.60 bits per heavy atom. The lowest BCUT2D eigenvalue weighted by molar-refractivity contribution is -0.140. The topological polar surface area (TPSA) is 184 Å². The van der Waals surface area contributed by atoms with Crippen molar-refractivity contribution in [1.82, 2.24) is 20.4 Å². The SMILES string of the molecule is CN(C(=O)OCc1ccccc1)C(CC(=O)N1CCC[C@H]1C(=O)N[C@@H](CCCNC(=N)N)C(=O)C(O[C]=O)c1ccccc1)c1ccccc1. The van der Waals surface area contributed by atoms with Gasteiger partial charge in [0.1, 0.15) is 12.6 Å². The van der Waals surface area contributed by atoms with Crippen LogP contribution < -0.4 is 16.4 Å². The van der Waals surface area contributed by atoms with Gasteiger partial charge in [0.25, 0.3) is 0 Å². The van der Waals surface area contributed by atoms with E-state index in [9.17, 15) is 24.0 Å². The lowest BCUT2D eigenvalue weighted by Crippen LogP contribution is -2.52. The lowest BCUT2D eigenvalue weighted by atomic mass is 9.96. The number of hydrogen-bond donors (Lipinski definition) is 4. The summed E-state index contributed by atoms with van der Waals surface area (Å²) in [5.41, 5.74) is 7.36. The first kappa shape index (κ1) is 37.1. The maximum atomic E-state index is 13.9. The summed E-state index contributed by atoms with van der Waals surface area (Å²) in [6.07, 6.45) is -0.603. The van der Waals surface area contributed by atoms with Crippen molar-refractivity contribution in [3.63, 3.8) is 0 Å². The number of benzene rings is 3. The van der Waals surface area contributed by atoms with Gasteiger partial charge >= 0.3 is 12.6 Å². The molecule has 3 aromatic rings. The molecule has 4 rings (SSSR count). The zero-order chi connectivity index (χ0) is 35.9. The second-order valence-electron chi connectivity index (χ2n) is 12.0. The van der Waals surface area contributed by atoms with Crippen LogP contribution in [0.15, 0.2) is 91.0 Å². The number of ketones is 1. The highest BCUT2D eigenvalue weighted by atomic mass is 16.6. The van der Waals surface area contributed by atoms with Crippen molar-refractivity contribution in [3.05, 3.63) is 108 Å². The third-order valence-electron chi connectivity index (χ3n) is 8.56. The molecule has 4 atom stereocenters. The van der Waals surface area contributed by atoms with E-state index in [2.05, 4.69) is 10.6 Å². The highest BCUT2D eigenvalue weighted by Crippen LogP contribution is 2.28. The van der Waals surface area contributed by atoms with Gasteiger partial charge in [-0.15, -0.1) is 0 Å². The van der Waals surface area contributed by atoms with Crippen LogP contribution in [0.25, 0.3) is 0 Å². The molecule has 3 amide bonds. The fraction of sp³-hybridized carbons (Fsp3) is 0.351. The summed E-state index contributed by atoms with van der Waals surface area (Å²) in [4.78, 5) is 68.8. The van der Waals surface area contributed by atoms with Crippen LogP contribution in [0.5, 0.6) is 0 Å². The largest absolute Gasteiger partial charge is 0.445 e. The molecule has 13 nitrogen and oxygen atoms in total. The third kappa shape index (κ3) is 10.4. The number of Topliss-reactive ketones (excluding diaryl/α,β-unsaturated/α-hetero) is 1. The van der Waals surface area contributed by atoms with Gasteiger partial charge in [0.15, 0.2) is 17.8 Å². The van der Waals surface area contributed by atoms with Crippen molar-refractivity contribution < 1.29 is 33.4 Å². The zero-order valence-electron chi connectivity index (χ0n) is 28.0. The van der Waals surface area contributed by atoms with Gasteiger partial charge in [0.2, 0.25) is 11.8 Å². The number of hydrogen-bond acceptors (Lipinski definition) is 8. The van der Waals surface area contributed by atoms with Crippen molar-refractivity contribution in [2.75, 3.05) is 20.1 Å². The van der Waals surface area contributed by atoms with E-state index in [0.29, 0.717) is 31.4 Å². The Balaban J connectivity index is 1.49. The summed E-state index contributed by atoms with van der Waals surface area (Å²) in [5.74, 6) is -1.66. The van der Waals surface area contributed by atoms with Gasteiger partial charge in [0, 0.05) is 25.7 Å². The van der Waals surface area contributed by atoms with E-state index in [-0.39, 0.29) is 37.9 Å². The Labute approximate surface area is 291 Å². The molecule has 0 aromatic heterocycles. The second-order valence-corrected chi connectivity index (χ2v) is 12.0. The van der Waals surface area contributed by atoms with Crippen molar-refractivity contribution >= 4 is 36.1 Å². The van der Waals surface area contributed by atoms with Crippen LogP contribution in [0.2, 0.25) is 0 Å². The predicted octanol–water partition coefficient (Wildman–Crippen LogP) is 3.52. The van der Waals surface area contributed by atoms with Crippen molar-refractivity contribution in [1.29, 1.82) is 5.41 Å². The molecule has 3 aromatic carbocycles. The standard InChI is InChI=1S/C37H43N6O7/c1-42(37(48)49-24-26-13-5-2-6-14-26)31(27-15-7-3-8-16-27)23-32(45)43-22-12-20-30(43)35(47)41-29(19-11-21-40-36(38)39)33(46)34(50-25-44)28-17-9-4-10-18-28/h2-10,13-18,29-31,34H,11-12,19-24H2,1H3,(H,41,47)(H4,38,39,40)/t29-,30-,31?,34?/m0/s1. The highest BCUT2D eigenvalue weighted by molar-refractivity contribution is 5.95. The van der Waals surface area contributed by atoms with Gasteiger partial charge in [-0.25, -0.2) is 9.59 Å². The minimum atomic E-state index is -1.31. The molecule has 2 unspecified atom stereocenters. The second kappa shape index (κ2) is 18.7. The molecule has 263 valence electrons. The fourth-order valence-corrected chi connectivity index (χ4v) is 5.95. The molecule has 13 heteroatoms. The molecule has 1 saturated heterocycles. The Bertz CT molecular complexity index is 1590. The van der Waals surface area contributed by atoms with Crippen molar-refractivity contribution in [2.45, 2.75) is 62.9 Å². The van der Waals surface area contributed by atoms with E-state index < -0.39 is 42.0 Å². The minimum Gasteiger partial charge on any atom is -0.445 e. The smallest absolute Gasteiger partial charge is 0.418 e. The van der Waals surface area contributed by atoms with Gasteiger partial charge in [-0.05, 0) is 36.8 Å². The van der Waals surface area contributed by atoms with Gasteiger partial charge < -0.3 is 35.6 Å². The molecule has 1 fully saturated rings. The molecule has 1 aliphatic rings. The van der Waals surface area contributed by atoms with Gasteiger partial charge in [-0.1, -0.05) is 91.0 Å². The van der Waals surface area contributed by atoms with Crippen LogP contribution in [-0.2, 0) is 35.3 Å². The monoisotopic (exact) mass is 683 g/mol. The zero-order valence-corrected chi connectivity index (χ0v) is 28.0. The molecule has 50 heavy (non-hydrogen) atoms. The summed E-state index contributed by atoms with van der Waals surface area (Å²) in [7, 11) is 1.58. The van der Waals surface area contributed by atoms with E-state index in [1.54, 1.807) is 37.4 Å². The maximum absolute atomic E-state index is 13.9. The normalized spacial score (nSPS) is 15.5. The highest BCUT2D eigenvalue weighted by Gasteiger charge is 2.39. The summed E-state index contributed by atoms with van der Waals surface area (Å²) >= 11 is 0. The molecular formula is C37H43N6O7. The van der Waals surface area contributed by atoms with Crippen LogP contribution >= 0.6 is 0 Å². The number of ether oxygens (including phenoxy) is 2. The fourth-order valence-electron chi connectivity index (χ4n) is 5.95. The number of nitrogens with zero attached hydrogens (tertiary/aromatic N) is 2. The van der Waals surface area contributed by atoms with E-state index in [1.807, 2.05) is 60.7 Å². The van der Waals surface area contributed by atoms with E-state index in [1.165, 1.54) is 16.3 Å². The van der Waals surface area contributed by atoms with Gasteiger partial charge in [-0.3, -0.25) is 19.8 Å². The first-order chi connectivity index (χ1) is 24.2. The predicted molar refractivity (Wildman–Crippen MR) is 185 cm³/mol. The summed E-state index contributed by atoms with van der Waals surface area (Å²) < 4.78 is 10.6. The number of likely N-dealkylation sites (tertiary alicyclic amines) is 1. The van der Waals surface area contributed by atoms with Crippen LogP contribution in [-0.4, -0.2) is 78.1 Å². The molecule has 0 spiro atoms. The number of carbonyl (C=O) groups excluding carboxylic acids is 5. The minimum absolute atomic E-state index is 0.0690. The molecule has 0 saturated carbocycles. The van der Waals surface area contributed by atoms with Crippen LogP contribution in [0.1, 0.15) is 60.9 Å². The van der Waals surface area contributed by atoms with Crippen LogP contribution in [0.4, 0.5) is 4.79 Å². The molecule has 1 heterocycles. The first-order valence-corrected chi connectivity index (χ1v) is 16.5. The van der Waals surface area contributed by atoms with E-state index >= 15 is 0 Å². The quantitative estimate of drug-likeness (QED) is 0.0939. The van der Waals surface area contributed by atoms with Gasteiger partial charge in [-0.2, -0.15) is 0 Å². The summed E-state index contributed by atoms with van der Waals surface area (Å²) in [6, 6.07) is 24.2. The Kier molecular flexibility index (Phi) is 13.9. The molecule has 1 radical (unpaired) electrons. The van der Waals surface area contributed by atoms with Crippen LogP contribution in [0, 0.1) is 5.41 Å².